The maximum Gasteiger partial charge on any atom is 0.324 e. The lowest BCUT2D eigenvalue weighted by Crippen LogP contribution is -2.38. The smallest absolute Gasteiger partial charge is 0.324 e. The number of rotatable bonds is 3. The molecule has 0 saturated heterocycles. The van der Waals surface area contributed by atoms with Crippen LogP contribution in [0.2, 0.25) is 10.0 Å². The molecule has 0 bridgehead atoms. The van der Waals surface area contributed by atoms with Crippen LogP contribution in [0.3, 0.4) is 0 Å². The van der Waals surface area contributed by atoms with Crippen molar-refractivity contribution >= 4 is 51.5 Å². The highest BCUT2D eigenvalue weighted by Crippen LogP contribution is 2.41. The lowest BCUT2D eigenvalue weighted by molar-refractivity contribution is 0.256. The van der Waals surface area contributed by atoms with E-state index in [1.54, 1.807) is 42.5 Å². The fourth-order valence-corrected chi connectivity index (χ4v) is 4.06. The molecule has 2 N–H and O–H groups in total. The molecule has 4 rings (SSSR count). The number of carbonyl (C=O) groups excluding carboxylic acids is 1. The third-order valence-electron chi connectivity index (χ3n) is 5.07. The summed E-state index contributed by atoms with van der Waals surface area (Å²) in [5.41, 5.74) is 5.48. The number of primary amides is 1. The highest BCUT2D eigenvalue weighted by molar-refractivity contribution is 6.34. The van der Waals surface area contributed by atoms with Gasteiger partial charge in [-0.15, -0.1) is 0 Å². The Labute approximate surface area is 191 Å². The Kier molecular flexibility index (Phi) is 5.62. The summed E-state index contributed by atoms with van der Waals surface area (Å²) in [6.45, 7) is 0. The molecule has 0 aliphatic rings. The van der Waals surface area contributed by atoms with Crippen molar-refractivity contribution in [1.82, 2.24) is 4.57 Å². The fraction of sp³-hybridized carbons (Fsp3) is 0.0435. The van der Waals surface area contributed by atoms with E-state index >= 15 is 0 Å². The van der Waals surface area contributed by atoms with Gasteiger partial charge in [0.15, 0.2) is 0 Å². The fourth-order valence-electron chi connectivity index (χ4n) is 3.66. The number of urea groups is 1. The highest BCUT2D eigenvalue weighted by Gasteiger charge is 2.29. The second-order valence-electron chi connectivity index (χ2n) is 7.00. The summed E-state index contributed by atoms with van der Waals surface area (Å²) in [7, 11) is 1.50. The molecule has 4 aromatic rings. The maximum absolute atomic E-state index is 14.7. The number of aromatic nitrogens is 1. The van der Waals surface area contributed by atoms with E-state index in [4.69, 9.17) is 28.9 Å². The first-order chi connectivity index (χ1) is 15.2. The standard InChI is InChI=1S/C23H15Cl2F2N3O2/c1-29-18-8-6-12(24)10-15(18)20(14-4-2-3-5-16(14)25)21(22(29)31)30(23(28)32)19-9-7-13(26)11-17(19)27/h2-11H,1H3,(H2,28,32). The lowest BCUT2D eigenvalue weighted by atomic mass is 9.98. The molecule has 1 heterocycles. The Hall–Kier alpha value is -3.42. The van der Waals surface area contributed by atoms with Crippen LogP contribution in [0.25, 0.3) is 22.0 Å². The third-order valence-corrected chi connectivity index (χ3v) is 5.64. The van der Waals surface area contributed by atoms with E-state index in [-0.39, 0.29) is 22.0 Å². The van der Waals surface area contributed by atoms with E-state index in [1.807, 2.05) is 0 Å². The van der Waals surface area contributed by atoms with Crippen molar-refractivity contribution in [1.29, 1.82) is 0 Å². The second kappa shape index (κ2) is 8.26. The molecule has 0 spiro atoms. The number of fused-ring (bicyclic) bond motifs is 1. The average molecular weight is 474 g/mol. The van der Waals surface area contributed by atoms with Crippen LogP contribution in [-0.4, -0.2) is 10.6 Å². The first-order valence-corrected chi connectivity index (χ1v) is 10.1. The first kappa shape index (κ1) is 21.8. The maximum atomic E-state index is 14.7. The number of aryl methyl sites for hydroxylation is 1. The topological polar surface area (TPSA) is 68.3 Å². The molecule has 2 amide bonds. The molecular weight excluding hydrogens is 459 g/mol. The van der Waals surface area contributed by atoms with Crippen molar-refractivity contribution in [3.8, 4) is 11.1 Å². The lowest BCUT2D eigenvalue weighted by Gasteiger charge is -2.26. The van der Waals surface area contributed by atoms with Gasteiger partial charge in [0.1, 0.15) is 17.3 Å². The predicted octanol–water partition coefficient (Wildman–Crippen LogP) is 6.01. The summed E-state index contributed by atoms with van der Waals surface area (Å²) in [4.78, 5) is 26.8. The number of amides is 2. The molecule has 0 atom stereocenters. The van der Waals surface area contributed by atoms with Crippen LogP contribution in [0, 0.1) is 11.6 Å². The molecule has 9 heteroatoms. The Morgan fingerprint density at radius 2 is 1.75 bits per heavy atom. The van der Waals surface area contributed by atoms with Gasteiger partial charge in [0.25, 0.3) is 5.56 Å². The van der Waals surface area contributed by atoms with E-state index in [0.717, 1.165) is 17.0 Å². The number of carbonyl (C=O) groups is 1. The van der Waals surface area contributed by atoms with Crippen LogP contribution in [0.15, 0.2) is 65.5 Å². The molecule has 5 nitrogen and oxygen atoms in total. The minimum Gasteiger partial charge on any atom is -0.351 e. The molecule has 0 radical (unpaired) electrons. The summed E-state index contributed by atoms with van der Waals surface area (Å²) in [6, 6.07) is 13.0. The monoisotopic (exact) mass is 473 g/mol. The summed E-state index contributed by atoms with van der Waals surface area (Å²) < 4.78 is 29.6. The minimum atomic E-state index is -1.14. The van der Waals surface area contributed by atoms with E-state index in [2.05, 4.69) is 0 Å². The Bertz CT molecular complexity index is 1450. The quantitative estimate of drug-likeness (QED) is 0.395. The Morgan fingerprint density at radius 1 is 1.03 bits per heavy atom. The van der Waals surface area contributed by atoms with Gasteiger partial charge in [0, 0.05) is 39.7 Å². The SMILES string of the molecule is Cn1c(=O)c(N(C(N)=O)c2ccc(F)cc2F)c(-c2ccccc2Cl)c2cc(Cl)ccc21. The van der Waals surface area contributed by atoms with Gasteiger partial charge >= 0.3 is 6.03 Å². The van der Waals surface area contributed by atoms with Crippen molar-refractivity contribution in [2.75, 3.05) is 4.90 Å². The molecule has 0 aliphatic carbocycles. The van der Waals surface area contributed by atoms with Gasteiger partial charge in [-0.3, -0.25) is 9.69 Å². The van der Waals surface area contributed by atoms with Crippen molar-refractivity contribution in [2.24, 2.45) is 12.8 Å². The van der Waals surface area contributed by atoms with Gasteiger partial charge in [0.05, 0.1) is 11.2 Å². The van der Waals surface area contributed by atoms with Gasteiger partial charge in [-0.1, -0.05) is 41.4 Å². The number of nitrogens with zero attached hydrogens (tertiary/aromatic N) is 2. The summed E-state index contributed by atoms with van der Waals surface area (Å²) in [6.07, 6.45) is 0. The van der Waals surface area contributed by atoms with Crippen LogP contribution < -0.4 is 16.2 Å². The molecule has 0 saturated carbocycles. The molecule has 1 aromatic heterocycles. The van der Waals surface area contributed by atoms with Crippen LogP contribution in [0.4, 0.5) is 25.0 Å². The minimum absolute atomic E-state index is 0.235. The first-order valence-electron chi connectivity index (χ1n) is 9.32. The number of anilines is 2. The zero-order valence-corrected chi connectivity index (χ0v) is 18.1. The van der Waals surface area contributed by atoms with Crippen LogP contribution in [0.1, 0.15) is 0 Å². The number of nitrogens with two attached hydrogens (primary N) is 1. The van der Waals surface area contributed by atoms with Gasteiger partial charge in [-0.2, -0.15) is 0 Å². The highest BCUT2D eigenvalue weighted by atomic mass is 35.5. The van der Waals surface area contributed by atoms with Gasteiger partial charge < -0.3 is 10.3 Å². The van der Waals surface area contributed by atoms with E-state index in [1.165, 1.54) is 11.6 Å². The largest absolute Gasteiger partial charge is 0.351 e. The molecule has 0 aliphatic heterocycles. The second-order valence-corrected chi connectivity index (χ2v) is 7.84. The summed E-state index contributed by atoms with van der Waals surface area (Å²) in [5, 5.41) is 1.14. The number of benzene rings is 3. The summed E-state index contributed by atoms with van der Waals surface area (Å²) >= 11 is 12.7. The van der Waals surface area contributed by atoms with Crippen LogP contribution >= 0.6 is 23.2 Å². The van der Waals surface area contributed by atoms with Crippen molar-refractivity contribution in [3.63, 3.8) is 0 Å². The Morgan fingerprint density at radius 3 is 2.41 bits per heavy atom. The van der Waals surface area contributed by atoms with E-state index < -0.39 is 23.2 Å². The zero-order chi connectivity index (χ0) is 23.2. The van der Waals surface area contributed by atoms with Crippen LogP contribution in [-0.2, 0) is 7.05 Å². The molecule has 0 unspecified atom stereocenters. The predicted molar refractivity (Wildman–Crippen MR) is 123 cm³/mol. The average Bonchev–Trinajstić information content (AvgIpc) is 2.74. The van der Waals surface area contributed by atoms with Crippen molar-refractivity contribution in [3.05, 3.63) is 92.7 Å². The normalized spacial score (nSPS) is 11.0. The molecular formula is C23H15Cl2F2N3O2. The van der Waals surface area contributed by atoms with E-state index in [9.17, 15) is 18.4 Å². The number of hydrogen-bond acceptors (Lipinski definition) is 2. The van der Waals surface area contributed by atoms with Gasteiger partial charge in [-0.05, 0) is 36.4 Å². The number of pyridine rings is 1. The van der Waals surface area contributed by atoms with Crippen molar-refractivity contribution < 1.29 is 13.6 Å². The number of hydrogen-bond donors (Lipinski definition) is 1. The van der Waals surface area contributed by atoms with Gasteiger partial charge in [0.2, 0.25) is 0 Å². The zero-order valence-electron chi connectivity index (χ0n) is 16.6. The molecule has 0 fully saturated rings. The molecule has 32 heavy (non-hydrogen) atoms. The molecule has 3 aromatic carbocycles. The van der Waals surface area contributed by atoms with Crippen LogP contribution in [0.5, 0.6) is 0 Å². The van der Waals surface area contributed by atoms with E-state index in [0.29, 0.717) is 27.6 Å². The van der Waals surface area contributed by atoms with Crippen molar-refractivity contribution in [2.45, 2.75) is 0 Å². The number of halogens is 4. The summed E-state index contributed by atoms with van der Waals surface area (Å²) in [5.74, 6) is -1.91. The molecule has 162 valence electrons. The Balaban J connectivity index is 2.23. The van der Waals surface area contributed by atoms with Gasteiger partial charge in [-0.25, -0.2) is 13.6 Å². The third kappa shape index (κ3) is 3.59.